The highest BCUT2D eigenvalue weighted by Gasteiger charge is 2.33. The number of halogens is 5. The van der Waals surface area contributed by atoms with E-state index in [0.29, 0.717) is 5.69 Å². The van der Waals surface area contributed by atoms with Gasteiger partial charge in [0.15, 0.2) is 11.5 Å². The summed E-state index contributed by atoms with van der Waals surface area (Å²) in [6, 6.07) is 9.84. The zero-order valence-electron chi connectivity index (χ0n) is 15.8. The summed E-state index contributed by atoms with van der Waals surface area (Å²) in [5, 5.41) is 2.53. The van der Waals surface area contributed by atoms with Crippen LogP contribution in [0.3, 0.4) is 0 Å². The number of nitrogens with two attached hydrogens (primary N) is 1. The highest BCUT2D eigenvalue weighted by atomic mass is 19.4. The number of aryl methyl sites for hydroxylation is 1. The van der Waals surface area contributed by atoms with Gasteiger partial charge in [-0.3, -0.25) is 4.79 Å². The Morgan fingerprint density at radius 2 is 1.71 bits per heavy atom. The number of aromatic nitrogens is 1. The normalized spacial score (nSPS) is 11.2. The summed E-state index contributed by atoms with van der Waals surface area (Å²) in [5.41, 5.74) is 5.99. The van der Waals surface area contributed by atoms with Crippen LogP contribution in [-0.2, 0) is 0 Å². The van der Waals surface area contributed by atoms with Crippen LogP contribution in [0, 0.1) is 18.7 Å². The molecule has 11 heteroatoms. The Bertz CT molecular complexity index is 1120. The lowest BCUT2D eigenvalue weighted by Crippen LogP contribution is -2.18. The van der Waals surface area contributed by atoms with Gasteiger partial charge in [-0.05, 0) is 49.4 Å². The third kappa shape index (κ3) is 5.38. The second-order valence-corrected chi connectivity index (χ2v) is 6.23. The highest BCUT2D eigenvalue weighted by molar-refractivity contribution is 6.07. The van der Waals surface area contributed by atoms with E-state index in [-0.39, 0.29) is 22.7 Å². The van der Waals surface area contributed by atoms with E-state index in [0.717, 1.165) is 18.2 Å². The number of anilines is 2. The number of amides is 1. The first-order valence-corrected chi connectivity index (χ1v) is 8.59. The van der Waals surface area contributed by atoms with Gasteiger partial charge in [0, 0.05) is 11.3 Å². The summed E-state index contributed by atoms with van der Waals surface area (Å²) in [5.74, 6) is -4.46. The van der Waals surface area contributed by atoms with Crippen molar-refractivity contribution < 1.29 is 36.2 Å². The van der Waals surface area contributed by atoms with Crippen LogP contribution in [-0.4, -0.2) is 17.3 Å². The lowest BCUT2D eigenvalue weighted by Gasteiger charge is -2.13. The number of pyridine rings is 1. The monoisotopic (exact) mass is 439 g/mol. The summed E-state index contributed by atoms with van der Waals surface area (Å²) < 4.78 is 73.4. The summed E-state index contributed by atoms with van der Waals surface area (Å²) in [6.07, 6.45) is -5.05. The smallest absolute Gasteiger partial charge is 0.454 e. The van der Waals surface area contributed by atoms with Crippen LogP contribution in [0.5, 0.6) is 17.2 Å². The first-order chi connectivity index (χ1) is 14.5. The second-order valence-electron chi connectivity index (χ2n) is 6.23. The van der Waals surface area contributed by atoms with E-state index >= 15 is 0 Å². The number of alkyl halides is 3. The number of carbonyl (C=O) groups is 1. The van der Waals surface area contributed by atoms with E-state index in [1.807, 2.05) is 0 Å². The molecule has 2 aromatic carbocycles. The average Bonchev–Trinajstić information content (AvgIpc) is 2.68. The van der Waals surface area contributed by atoms with Gasteiger partial charge in [-0.1, -0.05) is 6.07 Å². The molecule has 1 aromatic heterocycles. The van der Waals surface area contributed by atoms with Crippen molar-refractivity contribution >= 4 is 17.4 Å². The number of ether oxygens (including phenoxy) is 2. The number of rotatable bonds is 5. The van der Waals surface area contributed by atoms with Crippen LogP contribution in [0.1, 0.15) is 15.9 Å². The molecule has 3 aromatic rings. The molecular formula is C20H14F5N3O3. The van der Waals surface area contributed by atoms with E-state index in [4.69, 9.17) is 10.5 Å². The molecule has 0 saturated heterocycles. The van der Waals surface area contributed by atoms with Gasteiger partial charge < -0.3 is 20.5 Å². The third-order valence-corrected chi connectivity index (χ3v) is 3.92. The van der Waals surface area contributed by atoms with Crippen molar-refractivity contribution in [1.29, 1.82) is 0 Å². The zero-order valence-corrected chi connectivity index (χ0v) is 15.8. The fourth-order valence-electron chi connectivity index (χ4n) is 2.49. The van der Waals surface area contributed by atoms with Crippen LogP contribution in [0.25, 0.3) is 0 Å². The Hall–Kier alpha value is -3.89. The maximum Gasteiger partial charge on any atom is 0.573 e. The largest absolute Gasteiger partial charge is 0.573 e. The molecule has 0 aliphatic heterocycles. The van der Waals surface area contributed by atoms with E-state index in [2.05, 4.69) is 15.0 Å². The standard InChI is InChI=1S/C20H14F5N3O3/c1-10-9-13(18(26)28-17(10)22)19(29)27-11-5-7-12(8-6-11)30-14-3-2-4-15(16(14)21)31-20(23,24)25/h2-9H,1H3,(H2,26,28)(H,27,29). The van der Waals surface area contributed by atoms with Crippen molar-refractivity contribution in [2.24, 2.45) is 0 Å². The molecular weight excluding hydrogens is 425 g/mol. The molecule has 0 atom stereocenters. The van der Waals surface area contributed by atoms with Gasteiger partial charge >= 0.3 is 6.36 Å². The maximum atomic E-state index is 14.2. The molecule has 0 spiro atoms. The number of carbonyl (C=O) groups excluding carboxylic acids is 1. The van der Waals surface area contributed by atoms with E-state index in [9.17, 15) is 26.7 Å². The Labute approximate surface area is 172 Å². The molecule has 6 nitrogen and oxygen atoms in total. The molecule has 0 unspecified atom stereocenters. The van der Waals surface area contributed by atoms with E-state index in [1.165, 1.54) is 37.3 Å². The molecule has 162 valence electrons. The fourth-order valence-corrected chi connectivity index (χ4v) is 2.49. The molecule has 31 heavy (non-hydrogen) atoms. The van der Waals surface area contributed by atoms with E-state index in [1.54, 1.807) is 0 Å². The summed E-state index contributed by atoms with van der Waals surface area (Å²) >= 11 is 0. The quantitative estimate of drug-likeness (QED) is 0.422. The van der Waals surface area contributed by atoms with Crippen molar-refractivity contribution in [1.82, 2.24) is 4.98 Å². The minimum absolute atomic E-state index is 0.0252. The summed E-state index contributed by atoms with van der Waals surface area (Å²) in [7, 11) is 0. The number of nitrogens with one attached hydrogen (secondary N) is 1. The lowest BCUT2D eigenvalue weighted by atomic mass is 10.1. The van der Waals surface area contributed by atoms with Crippen LogP contribution in [0.2, 0.25) is 0 Å². The Morgan fingerprint density at radius 3 is 2.35 bits per heavy atom. The molecule has 0 saturated carbocycles. The lowest BCUT2D eigenvalue weighted by molar-refractivity contribution is -0.275. The van der Waals surface area contributed by atoms with Crippen molar-refractivity contribution in [2.75, 3.05) is 11.1 Å². The van der Waals surface area contributed by atoms with Crippen LogP contribution < -0.4 is 20.5 Å². The second kappa shape index (κ2) is 8.46. The van der Waals surface area contributed by atoms with Gasteiger partial charge in [0.05, 0.1) is 5.56 Å². The van der Waals surface area contributed by atoms with Gasteiger partial charge in [-0.2, -0.15) is 8.78 Å². The topological polar surface area (TPSA) is 86.5 Å². The summed E-state index contributed by atoms with van der Waals surface area (Å²) in [6.45, 7) is 1.43. The Kier molecular flexibility index (Phi) is 5.95. The molecule has 0 fully saturated rings. The van der Waals surface area contributed by atoms with Crippen molar-refractivity contribution in [3.05, 3.63) is 71.4 Å². The fraction of sp³-hybridized carbons (Fsp3) is 0.100. The number of nitrogen functional groups attached to an aromatic ring is 1. The van der Waals surface area contributed by atoms with Crippen LogP contribution in [0.4, 0.5) is 33.5 Å². The Morgan fingerprint density at radius 1 is 1.06 bits per heavy atom. The van der Waals surface area contributed by atoms with Crippen molar-refractivity contribution in [3.8, 4) is 17.2 Å². The van der Waals surface area contributed by atoms with Crippen molar-refractivity contribution in [3.63, 3.8) is 0 Å². The van der Waals surface area contributed by atoms with Crippen LogP contribution in [0.15, 0.2) is 48.5 Å². The van der Waals surface area contributed by atoms with Crippen LogP contribution >= 0.6 is 0 Å². The predicted molar refractivity (Wildman–Crippen MR) is 101 cm³/mol. The molecule has 0 aliphatic carbocycles. The molecule has 3 rings (SSSR count). The molecule has 1 amide bonds. The van der Waals surface area contributed by atoms with E-state index < -0.39 is 35.5 Å². The molecule has 0 radical (unpaired) electrons. The molecule has 3 N–H and O–H groups in total. The van der Waals surface area contributed by atoms with Crippen molar-refractivity contribution in [2.45, 2.75) is 13.3 Å². The van der Waals surface area contributed by atoms with Gasteiger partial charge in [0.2, 0.25) is 11.8 Å². The minimum Gasteiger partial charge on any atom is -0.454 e. The molecule has 1 heterocycles. The first kappa shape index (κ1) is 21.8. The number of hydrogen-bond donors (Lipinski definition) is 2. The Balaban J connectivity index is 1.72. The summed E-state index contributed by atoms with van der Waals surface area (Å²) in [4.78, 5) is 15.8. The highest BCUT2D eigenvalue weighted by Crippen LogP contribution is 2.33. The van der Waals surface area contributed by atoms with Gasteiger partial charge in [0.25, 0.3) is 5.91 Å². The zero-order chi connectivity index (χ0) is 22.8. The number of hydrogen-bond acceptors (Lipinski definition) is 5. The number of benzene rings is 2. The SMILES string of the molecule is Cc1cc(C(=O)Nc2ccc(Oc3cccc(OC(F)(F)F)c3F)cc2)c(N)nc1F. The van der Waals surface area contributed by atoms with Gasteiger partial charge in [-0.15, -0.1) is 13.2 Å². The molecule has 0 bridgehead atoms. The minimum atomic E-state index is -5.05. The average molecular weight is 439 g/mol. The third-order valence-electron chi connectivity index (χ3n) is 3.92. The predicted octanol–water partition coefficient (Wildman–Crippen LogP) is 5.19. The maximum absolute atomic E-state index is 14.2. The molecule has 0 aliphatic rings. The number of nitrogens with zero attached hydrogens (tertiary/aromatic N) is 1. The van der Waals surface area contributed by atoms with Gasteiger partial charge in [-0.25, -0.2) is 4.98 Å². The van der Waals surface area contributed by atoms with Gasteiger partial charge in [0.1, 0.15) is 11.6 Å². The first-order valence-electron chi connectivity index (χ1n) is 8.59.